The Hall–Kier alpha value is -2.99. The summed E-state index contributed by atoms with van der Waals surface area (Å²) >= 11 is 1.65. The molecule has 1 amide bonds. The average molecular weight is 348 g/mol. The number of fused-ring (bicyclic) bond motifs is 1. The summed E-state index contributed by atoms with van der Waals surface area (Å²) < 4.78 is 1.81. The van der Waals surface area contributed by atoms with E-state index >= 15 is 0 Å². The molecule has 0 aliphatic rings. The number of para-hydroxylation sites is 1. The van der Waals surface area contributed by atoms with Crippen LogP contribution in [0.25, 0.3) is 21.5 Å². The lowest BCUT2D eigenvalue weighted by atomic mass is 10.1. The molecule has 0 unspecified atom stereocenters. The lowest BCUT2D eigenvalue weighted by Crippen LogP contribution is -2.12. The number of nitrogens with zero attached hydrogens (tertiary/aromatic N) is 3. The second kappa shape index (κ2) is 6.49. The first-order valence-corrected chi connectivity index (χ1v) is 8.91. The largest absolute Gasteiger partial charge is 0.321 e. The molecule has 0 saturated carbocycles. The van der Waals surface area contributed by atoms with Gasteiger partial charge in [0.2, 0.25) is 0 Å². The van der Waals surface area contributed by atoms with Crippen LogP contribution < -0.4 is 5.32 Å². The number of benzene rings is 2. The number of hydrogen-bond acceptors (Lipinski definition) is 4. The normalized spacial score (nSPS) is 10.9. The summed E-state index contributed by atoms with van der Waals surface area (Å²) in [5, 5.41) is 13.3. The van der Waals surface area contributed by atoms with Crippen molar-refractivity contribution in [3.8, 4) is 10.4 Å². The van der Waals surface area contributed by atoms with Crippen molar-refractivity contribution in [3.05, 3.63) is 65.5 Å². The van der Waals surface area contributed by atoms with Crippen LogP contribution in [-0.2, 0) is 6.54 Å². The van der Waals surface area contributed by atoms with E-state index in [-0.39, 0.29) is 5.91 Å². The second-order valence-corrected chi connectivity index (χ2v) is 6.53. The van der Waals surface area contributed by atoms with Crippen molar-refractivity contribution >= 4 is 34.0 Å². The molecule has 0 aliphatic heterocycles. The van der Waals surface area contributed by atoms with Crippen LogP contribution >= 0.6 is 11.3 Å². The van der Waals surface area contributed by atoms with E-state index in [0.717, 1.165) is 33.7 Å². The van der Waals surface area contributed by atoms with E-state index in [9.17, 15) is 4.79 Å². The highest BCUT2D eigenvalue weighted by atomic mass is 32.1. The van der Waals surface area contributed by atoms with Gasteiger partial charge in [-0.15, -0.1) is 16.4 Å². The molecule has 1 N–H and O–H groups in total. The molecule has 0 aliphatic carbocycles. The lowest BCUT2D eigenvalue weighted by molar-refractivity contribution is 0.102. The number of amides is 1. The minimum atomic E-state index is -0.156. The highest BCUT2D eigenvalue weighted by Crippen LogP contribution is 2.31. The zero-order chi connectivity index (χ0) is 17.2. The molecule has 6 heteroatoms. The molecule has 0 bridgehead atoms. The van der Waals surface area contributed by atoms with E-state index < -0.39 is 0 Å². The number of carbonyl (C=O) groups excluding carboxylic acids is 1. The van der Waals surface area contributed by atoms with E-state index in [1.54, 1.807) is 23.5 Å². The summed E-state index contributed by atoms with van der Waals surface area (Å²) in [5.74, 6) is -0.156. The third-order valence-electron chi connectivity index (χ3n) is 4.04. The van der Waals surface area contributed by atoms with Crippen LogP contribution in [-0.4, -0.2) is 20.9 Å². The van der Waals surface area contributed by atoms with Crippen LogP contribution in [0.3, 0.4) is 0 Å². The average Bonchev–Trinajstić information content (AvgIpc) is 3.31. The Bertz CT molecular complexity index is 1040. The number of aromatic nitrogens is 3. The van der Waals surface area contributed by atoms with Crippen molar-refractivity contribution in [3.63, 3.8) is 0 Å². The number of anilines is 1. The molecule has 2 aromatic carbocycles. The first-order valence-electron chi connectivity index (χ1n) is 8.04. The van der Waals surface area contributed by atoms with Gasteiger partial charge >= 0.3 is 0 Å². The molecule has 4 rings (SSSR count). The Morgan fingerprint density at radius 1 is 1.16 bits per heavy atom. The number of carbonyl (C=O) groups is 1. The van der Waals surface area contributed by atoms with Gasteiger partial charge in [0.1, 0.15) is 5.52 Å². The third kappa shape index (κ3) is 2.92. The van der Waals surface area contributed by atoms with Crippen LogP contribution in [0, 0.1) is 0 Å². The third-order valence-corrected chi connectivity index (χ3v) is 4.94. The van der Waals surface area contributed by atoms with Crippen molar-refractivity contribution in [1.29, 1.82) is 0 Å². The number of rotatable bonds is 4. The molecule has 25 heavy (non-hydrogen) atoms. The first kappa shape index (κ1) is 15.5. The van der Waals surface area contributed by atoms with Gasteiger partial charge in [0.15, 0.2) is 0 Å². The van der Waals surface area contributed by atoms with Crippen LogP contribution in [0.2, 0.25) is 0 Å². The molecule has 0 saturated heterocycles. The van der Waals surface area contributed by atoms with Crippen LogP contribution in [0.15, 0.2) is 60.0 Å². The summed E-state index contributed by atoms with van der Waals surface area (Å²) in [4.78, 5) is 13.8. The van der Waals surface area contributed by atoms with Gasteiger partial charge in [-0.3, -0.25) is 4.79 Å². The molecule has 0 radical (unpaired) electrons. The molecular weight excluding hydrogens is 332 g/mol. The van der Waals surface area contributed by atoms with E-state index in [1.165, 1.54) is 0 Å². The monoisotopic (exact) mass is 348 g/mol. The van der Waals surface area contributed by atoms with Gasteiger partial charge in [-0.25, -0.2) is 4.68 Å². The summed E-state index contributed by atoms with van der Waals surface area (Å²) in [6.45, 7) is 2.76. The van der Waals surface area contributed by atoms with E-state index in [2.05, 4.69) is 15.6 Å². The lowest BCUT2D eigenvalue weighted by Gasteiger charge is -2.10. The maximum absolute atomic E-state index is 12.7. The molecular formula is C19H16N4OS. The second-order valence-electron chi connectivity index (χ2n) is 5.59. The Balaban J connectivity index is 1.65. The van der Waals surface area contributed by atoms with Crippen LogP contribution in [0.5, 0.6) is 0 Å². The molecule has 124 valence electrons. The molecule has 4 aromatic rings. The fourth-order valence-electron chi connectivity index (χ4n) is 2.78. The Morgan fingerprint density at radius 3 is 2.84 bits per heavy atom. The maximum atomic E-state index is 12.7. The van der Waals surface area contributed by atoms with Crippen LogP contribution in [0.4, 0.5) is 5.69 Å². The molecule has 0 atom stereocenters. The van der Waals surface area contributed by atoms with Crippen molar-refractivity contribution in [1.82, 2.24) is 15.0 Å². The minimum Gasteiger partial charge on any atom is -0.321 e. The predicted molar refractivity (Wildman–Crippen MR) is 101 cm³/mol. The quantitative estimate of drug-likeness (QED) is 0.593. The molecule has 0 spiro atoms. The minimum absolute atomic E-state index is 0.156. The van der Waals surface area contributed by atoms with Crippen molar-refractivity contribution in [2.24, 2.45) is 0 Å². The maximum Gasteiger partial charge on any atom is 0.255 e. The van der Waals surface area contributed by atoms with E-state index in [4.69, 9.17) is 0 Å². The number of hydrogen-bond donors (Lipinski definition) is 1. The molecule has 5 nitrogen and oxygen atoms in total. The molecule has 0 fully saturated rings. The van der Waals surface area contributed by atoms with Gasteiger partial charge in [-0.1, -0.05) is 29.5 Å². The number of thiophene rings is 1. The standard InChI is InChI=1S/C19H16N4OS/c1-2-23-17-10-9-13(12-16(17)21-22-23)19(24)20-15-7-4-3-6-14(15)18-8-5-11-25-18/h3-12H,2H2,1H3,(H,20,24). The zero-order valence-electron chi connectivity index (χ0n) is 13.6. The van der Waals surface area contributed by atoms with Gasteiger partial charge in [0.25, 0.3) is 5.91 Å². The number of aryl methyl sites for hydroxylation is 1. The van der Waals surface area contributed by atoms with Crippen molar-refractivity contribution < 1.29 is 4.79 Å². The Morgan fingerprint density at radius 2 is 2.04 bits per heavy atom. The van der Waals surface area contributed by atoms with Crippen LogP contribution in [0.1, 0.15) is 17.3 Å². The van der Waals surface area contributed by atoms with Crippen molar-refractivity contribution in [2.75, 3.05) is 5.32 Å². The SMILES string of the molecule is CCn1nnc2cc(C(=O)Nc3ccccc3-c3cccs3)ccc21. The fourth-order valence-corrected chi connectivity index (χ4v) is 3.55. The van der Waals surface area contributed by atoms with Gasteiger partial charge in [0, 0.05) is 28.2 Å². The van der Waals surface area contributed by atoms with Gasteiger partial charge in [0.05, 0.1) is 5.52 Å². The van der Waals surface area contributed by atoms with E-state index in [0.29, 0.717) is 5.56 Å². The first-order chi connectivity index (χ1) is 12.3. The highest BCUT2D eigenvalue weighted by Gasteiger charge is 2.13. The Kier molecular flexibility index (Phi) is 4.03. The summed E-state index contributed by atoms with van der Waals surface area (Å²) in [7, 11) is 0. The van der Waals surface area contributed by atoms with Crippen molar-refractivity contribution in [2.45, 2.75) is 13.5 Å². The summed E-state index contributed by atoms with van der Waals surface area (Å²) in [6.07, 6.45) is 0. The van der Waals surface area contributed by atoms with Gasteiger partial charge in [-0.05, 0) is 42.6 Å². The summed E-state index contributed by atoms with van der Waals surface area (Å²) in [6, 6.07) is 17.3. The summed E-state index contributed by atoms with van der Waals surface area (Å²) in [5.41, 5.74) is 4.03. The number of nitrogens with one attached hydrogen (secondary N) is 1. The fraction of sp³-hybridized carbons (Fsp3) is 0.105. The Labute approximate surface area is 148 Å². The predicted octanol–water partition coefficient (Wildman–Crippen LogP) is 4.43. The van der Waals surface area contributed by atoms with Gasteiger partial charge < -0.3 is 5.32 Å². The zero-order valence-corrected chi connectivity index (χ0v) is 14.5. The molecule has 2 aromatic heterocycles. The molecule has 2 heterocycles. The van der Waals surface area contributed by atoms with E-state index in [1.807, 2.05) is 59.5 Å². The highest BCUT2D eigenvalue weighted by molar-refractivity contribution is 7.13. The smallest absolute Gasteiger partial charge is 0.255 e. The van der Waals surface area contributed by atoms with Gasteiger partial charge in [-0.2, -0.15) is 0 Å². The topological polar surface area (TPSA) is 59.8 Å².